The Balaban J connectivity index is 1.59. The molecule has 0 aliphatic rings. The number of nitrogen functional groups attached to an aromatic ring is 1. The summed E-state index contributed by atoms with van der Waals surface area (Å²) >= 11 is 0. The molecule has 4 rings (SSSR count). The number of nitrogens with two attached hydrogens (primary N) is 1. The van der Waals surface area contributed by atoms with Crippen LogP contribution in [-0.4, -0.2) is 37.4 Å². The number of hydrogen-bond acceptors (Lipinski definition) is 7. The summed E-state index contributed by atoms with van der Waals surface area (Å²) in [5.74, 6) is -0.345. The van der Waals surface area contributed by atoms with E-state index in [9.17, 15) is 14.7 Å². The van der Waals surface area contributed by atoms with Crippen molar-refractivity contribution in [3.8, 4) is 11.5 Å². The van der Waals surface area contributed by atoms with E-state index in [0.29, 0.717) is 22.6 Å². The summed E-state index contributed by atoms with van der Waals surface area (Å²) in [6, 6.07) is 24.6. The molecule has 39 heavy (non-hydrogen) atoms. The Hall–Kier alpha value is -5.02. The van der Waals surface area contributed by atoms with Gasteiger partial charge in [-0.3, -0.25) is 10.1 Å². The van der Waals surface area contributed by atoms with Crippen LogP contribution in [0.3, 0.4) is 0 Å². The number of amides is 2. The Morgan fingerprint density at radius 2 is 1.62 bits per heavy atom. The average Bonchev–Trinajstić information content (AvgIpc) is 2.94. The van der Waals surface area contributed by atoms with E-state index < -0.39 is 24.2 Å². The monoisotopic (exact) mass is 527 g/mol. The maximum atomic E-state index is 13.1. The number of nitrogens with one attached hydrogen (secondary N) is 2. The van der Waals surface area contributed by atoms with Gasteiger partial charge in [-0.25, -0.2) is 4.79 Å². The molecule has 0 saturated heterocycles. The second-order valence-corrected chi connectivity index (χ2v) is 8.54. The molecule has 0 unspecified atom stereocenters. The van der Waals surface area contributed by atoms with Crippen molar-refractivity contribution in [1.29, 1.82) is 0 Å². The summed E-state index contributed by atoms with van der Waals surface area (Å²) < 4.78 is 16.5. The molecule has 2 amide bonds. The molecule has 9 nitrogen and oxygen atoms in total. The van der Waals surface area contributed by atoms with Gasteiger partial charge in [-0.1, -0.05) is 54.6 Å². The second-order valence-electron chi connectivity index (χ2n) is 8.54. The van der Waals surface area contributed by atoms with Gasteiger partial charge in [0.05, 0.1) is 24.2 Å². The summed E-state index contributed by atoms with van der Waals surface area (Å²) in [4.78, 5) is 25.7. The summed E-state index contributed by atoms with van der Waals surface area (Å²) in [7, 11) is 2.85. The van der Waals surface area contributed by atoms with Gasteiger partial charge in [-0.2, -0.15) is 0 Å². The van der Waals surface area contributed by atoms with E-state index in [0.717, 1.165) is 10.8 Å². The predicted octanol–water partition coefficient (Wildman–Crippen LogP) is 5.64. The van der Waals surface area contributed by atoms with Crippen molar-refractivity contribution in [1.82, 2.24) is 0 Å². The minimum atomic E-state index is -1.03. The maximum Gasteiger partial charge on any atom is 0.412 e. The zero-order chi connectivity index (χ0) is 27.8. The SMILES string of the molecule is COc1ccc([C@@H](OC(=O)Nc2cccc3ccccc23)[C@@H](/C=C/C(=O)Nc2ccccc2N)OC)cc1O. The van der Waals surface area contributed by atoms with Gasteiger partial charge in [-0.05, 0) is 47.4 Å². The third kappa shape index (κ3) is 6.65. The number of fused-ring (bicyclic) bond motifs is 1. The Labute approximate surface area is 225 Å². The molecule has 0 saturated carbocycles. The topological polar surface area (TPSA) is 132 Å². The fourth-order valence-electron chi connectivity index (χ4n) is 4.07. The molecule has 4 aromatic rings. The van der Waals surface area contributed by atoms with E-state index in [1.165, 1.54) is 32.4 Å². The average molecular weight is 528 g/mol. The first-order chi connectivity index (χ1) is 18.9. The molecule has 0 heterocycles. The third-order valence-corrected chi connectivity index (χ3v) is 6.02. The van der Waals surface area contributed by atoms with Crippen molar-refractivity contribution >= 4 is 39.8 Å². The lowest BCUT2D eigenvalue weighted by molar-refractivity contribution is -0.112. The fraction of sp³-hybridized carbons (Fsp3) is 0.133. The molecule has 0 aromatic heterocycles. The molecular weight excluding hydrogens is 498 g/mol. The van der Waals surface area contributed by atoms with Crippen LogP contribution in [0.4, 0.5) is 21.9 Å². The van der Waals surface area contributed by atoms with E-state index in [1.54, 1.807) is 42.5 Å². The normalized spacial score (nSPS) is 12.6. The van der Waals surface area contributed by atoms with Gasteiger partial charge in [0.2, 0.25) is 5.91 Å². The summed E-state index contributed by atoms with van der Waals surface area (Å²) in [5.41, 5.74) is 7.77. The fourth-order valence-corrected chi connectivity index (χ4v) is 4.07. The standard InChI is InChI=1S/C30H29N3O6/c1-37-26-15-14-20(18-25(26)34)29(27(38-2)16-17-28(35)32-24-12-6-5-11-22(24)31)39-30(36)33-23-13-7-9-19-8-3-4-10-21(19)23/h3-18,27,29,34H,31H2,1-2H3,(H,32,35)(H,33,36)/b17-16+/t27-,29-/m1/s1. The summed E-state index contributed by atoms with van der Waals surface area (Å²) in [5, 5.41) is 17.7. The van der Waals surface area contributed by atoms with Crippen LogP contribution in [0.25, 0.3) is 10.8 Å². The number of carbonyl (C=O) groups excluding carboxylic acids is 2. The minimum absolute atomic E-state index is 0.144. The van der Waals surface area contributed by atoms with Crippen LogP contribution >= 0.6 is 0 Å². The van der Waals surface area contributed by atoms with Gasteiger partial charge in [0.25, 0.3) is 0 Å². The van der Waals surface area contributed by atoms with Gasteiger partial charge >= 0.3 is 6.09 Å². The largest absolute Gasteiger partial charge is 0.504 e. The smallest absolute Gasteiger partial charge is 0.412 e. The molecule has 0 bridgehead atoms. The van der Waals surface area contributed by atoms with Crippen molar-refractivity contribution < 1.29 is 28.9 Å². The van der Waals surface area contributed by atoms with E-state index in [1.807, 2.05) is 36.4 Å². The highest BCUT2D eigenvalue weighted by Crippen LogP contribution is 2.33. The number of hydrogen-bond donors (Lipinski definition) is 4. The number of rotatable bonds is 9. The van der Waals surface area contributed by atoms with Gasteiger partial charge in [0.15, 0.2) is 17.6 Å². The van der Waals surface area contributed by atoms with Crippen molar-refractivity contribution in [3.63, 3.8) is 0 Å². The first kappa shape index (κ1) is 27.0. The number of phenols is 1. The zero-order valence-corrected chi connectivity index (χ0v) is 21.5. The number of anilines is 3. The van der Waals surface area contributed by atoms with Crippen LogP contribution in [0, 0.1) is 0 Å². The number of aromatic hydroxyl groups is 1. The number of para-hydroxylation sites is 2. The minimum Gasteiger partial charge on any atom is -0.504 e. The Bertz CT molecular complexity index is 1500. The Kier molecular flexibility index (Phi) is 8.65. The van der Waals surface area contributed by atoms with Crippen LogP contribution in [0.5, 0.6) is 11.5 Å². The van der Waals surface area contributed by atoms with Crippen molar-refractivity contribution in [3.05, 3.63) is 103 Å². The molecule has 200 valence electrons. The number of ether oxygens (including phenoxy) is 3. The van der Waals surface area contributed by atoms with Gasteiger partial charge < -0.3 is 30.4 Å². The zero-order valence-electron chi connectivity index (χ0n) is 21.5. The molecule has 0 fully saturated rings. The van der Waals surface area contributed by atoms with Crippen LogP contribution in [0.2, 0.25) is 0 Å². The highest BCUT2D eigenvalue weighted by atomic mass is 16.6. The molecule has 0 radical (unpaired) electrons. The molecule has 2 atom stereocenters. The summed E-state index contributed by atoms with van der Waals surface area (Å²) in [6.45, 7) is 0. The Morgan fingerprint density at radius 1 is 0.897 bits per heavy atom. The van der Waals surface area contributed by atoms with Crippen LogP contribution in [0.15, 0.2) is 97.1 Å². The molecule has 4 aromatic carbocycles. The van der Waals surface area contributed by atoms with E-state index in [4.69, 9.17) is 19.9 Å². The molecular formula is C30H29N3O6. The molecule has 5 N–H and O–H groups in total. The lowest BCUT2D eigenvalue weighted by Gasteiger charge is -2.25. The lowest BCUT2D eigenvalue weighted by Crippen LogP contribution is -2.27. The molecule has 0 spiro atoms. The van der Waals surface area contributed by atoms with Crippen LogP contribution in [0.1, 0.15) is 11.7 Å². The van der Waals surface area contributed by atoms with Crippen molar-refractivity contribution in [2.45, 2.75) is 12.2 Å². The lowest BCUT2D eigenvalue weighted by atomic mass is 10.0. The molecule has 0 aliphatic heterocycles. The van der Waals surface area contributed by atoms with Gasteiger partial charge in [0.1, 0.15) is 6.10 Å². The first-order valence-electron chi connectivity index (χ1n) is 12.1. The predicted molar refractivity (Wildman–Crippen MR) is 151 cm³/mol. The highest BCUT2D eigenvalue weighted by Gasteiger charge is 2.27. The van der Waals surface area contributed by atoms with Gasteiger partial charge in [0, 0.05) is 18.6 Å². The number of phenolic OH excluding ortho intramolecular Hbond substituents is 1. The number of methoxy groups -OCH3 is 2. The van der Waals surface area contributed by atoms with Gasteiger partial charge in [-0.15, -0.1) is 0 Å². The molecule has 0 aliphatic carbocycles. The number of carbonyl (C=O) groups is 2. The molecule has 9 heteroatoms. The first-order valence-corrected chi connectivity index (χ1v) is 12.1. The Morgan fingerprint density at radius 3 is 2.36 bits per heavy atom. The van der Waals surface area contributed by atoms with Crippen molar-refractivity contribution in [2.24, 2.45) is 0 Å². The quantitative estimate of drug-likeness (QED) is 0.164. The van der Waals surface area contributed by atoms with Crippen LogP contribution in [-0.2, 0) is 14.3 Å². The van der Waals surface area contributed by atoms with E-state index in [2.05, 4.69) is 10.6 Å². The third-order valence-electron chi connectivity index (χ3n) is 6.02. The number of benzene rings is 4. The maximum absolute atomic E-state index is 13.1. The highest BCUT2D eigenvalue weighted by molar-refractivity contribution is 6.01. The van der Waals surface area contributed by atoms with E-state index in [-0.39, 0.29) is 11.5 Å². The van der Waals surface area contributed by atoms with Crippen LogP contribution < -0.4 is 21.1 Å². The van der Waals surface area contributed by atoms with E-state index >= 15 is 0 Å². The second kappa shape index (κ2) is 12.5. The van der Waals surface area contributed by atoms with Crippen molar-refractivity contribution in [2.75, 3.05) is 30.6 Å². The summed E-state index contributed by atoms with van der Waals surface area (Å²) in [6.07, 6.45) is 0.0559.